The van der Waals surface area contributed by atoms with Crippen molar-refractivity contribution in [1.82, 2.24) is 4.98 Å². The highest BCUT2D eigenvalue weighted by Gasteiger charge is 2.22. The van der Waals surface area contributed by atoms with Crippen molar-refractivity contribution < 1.29 is 40.3 Å². The van der Waals surface area contributed by atoms with Crippen molar-refractivity contribution in [3.05, 3.63) is 88.8 Å². The van der Waals surface area contributed by atoms with Crippen molar-refractivity contribution in [3.8, 4) is 11.8 Å². The number of carbonyl (C=O) groups is 1. The average Bonchev–Trinajstić information content (AvgIpc) is 2.77. The van der Waals surface area contributed by atoms with E-state index in [1.807, 2.05) is 0 Å². The maximum Gasteiger partial charge on any atom is 0.337 e. The minimum Gasteiger partial charge on any atom is -0.479 e. The van der Waals surface area contributed by atoms with Crippen molar-refractivity contribution in [2.75, 3.05) is 4.72 Å². The van der Waals surface area contributed by atoms with E-state index < -0.39 is 56.0 Å². The monoisotopic (exact) mass is 512 g/mol. The molecule has 0 radical (unpaired) electrons. The van der Waals surface area contributed by atoms with Gasteiger partial charge in [0.25, 0.3) is 10.0 Å². The summed E-state index contributed by atoms with van der Waals surface area (Å²) in [6, 6.07) is 6.08. The number of halogens is 5. The second-order valence-electron chi connectivity index (χ2n) is 6.88. The molecule has 184 valence electrons. The van der Waals surface area contributed by atoms with Crippen LogP contribution in [0.15, 0.2) is 53.7 Å². The number of benzene rings is 2. The van der Waals surface area contributed by atoms with Gasteiger partial charge in [-0.3, -0.25) is 9.71 Å². The normalized spacial score (nSPS) is 11.4. The molecule has 0 aliphatic carbocycles. The first-order valence-electron chi connectivity index (χ1n) is 9.58. The maximum absolute atomic E-state index is 14.3. The molecule has 0 saturated carbocycles. The number of rotatable bonds is 4. The molecule has 0 saturated heterocycles. The van der Waals surface area contributed by atoms with Crippen LogP contribution in [0.3, 0.4) is 0 Å². The van der Waals surface area contributed by atoms with Gasteiger partial charge >= 0.3 is 5.97 Å². The van der Waals surface area contributed by atoms with Crippen molar-refractivity contribution in [3.63, 3.8) is 0 Å². The molecule has 0 amide bonds. The topological polar surface area (TPSA) is 96.4 Å². The number of nitrogens with zero attached hydrogens (tertiary/aromatic N) is 1. The molecule has 0 fully saturated rings. The SMILES string of the molecule is CC(F)C(=O)O.Cc1c(F)cccc1S(=O)(=O)Nc1c(F)cc(C#Cc2cncc(F)c2)cc1F. The van der Waals surface area contributed by atoms with E-state index in [0.717, 1.165) is 43.5 Å². The maximum atomic E-state index is 14.3. The van der Waals surface area contributed by atoms with Gasteiger partial charge in [0.05, 0.1) is 11.1 Å². The molecule has 1 heterocycles. The number of sulfonamides is 1. The zero-order chi connectivity index (χ0) is 26.3. The van der Waals surface area contributed by atoms with E-state index >= 15 is 0 Å². The van der Waals surface area contributed by atoms with Gasteiger partial charge in [-0.15, -0.1) is 0 Å². The molecule has 6 nitrogen and oxygen atoms in total. The van der Waals surface area contributed by atoms with E-state index in [1.54, 1.807) is 4.72 Å². The zero-order valence-electron chi connectivity index (χ0n) is 18.1. The van der Waals surface area contributed by atoms with Gasteiger partial charge in [0.15, 0.2) is 17.8 Å². The smallest absolute Gasteiger partial charge is 0.337 e. The summed E-state index contributed by atoms with van der Waals surface area (Å²) >= 11 is 0. The Bertz CT molecular complexity index is 1390. The fourth-order valence-electron chi connectivity index (χ4n) is 2.44. The molecule has 1 atom stereocenters. The number of hydrogen-bond donors (Lipinski definition) is 2. The summed E-state index contributed by atoms with van der Waals surface area (Å²) in [5.74, 6) is -0.293. The largest absolute Gasteiger partial charge is 0.479 e. The van der Waals surface area contributed by atoms with Crippen LogP contribution in [0, 0.1) is 42.0 Å². The molecule has 2 N–H and O–H groups in total. The summed E-state index contributed by atoms with van der Waals surface area (Å²) in [5.41, 5.74) is -1.02. The Balaban J connectivity index is 0.000000641. The van der Waals surface area contributed by atoms with Crippen LogP contribution in [-0.4, -0.2) is 30.6 Å². The summed E-state index contributed by atoms with van der Waals surface area (Å²) in [5, 5.41) is 7.62. The lowest BCUT2D eigenvalue weighted by atomic mass is 10.1. The van der Waals surface area contributed by atoms with E-state index in [-0.39, 0.29) is 16.7 Å². The van der Waals surface area contributed by atoms with Gasteiger partial charge in [-0.25, -0.2) is 35.2 Å². The van der Waals surface area contributed by atoms with Crippen LogP contribution in [-0.2, 0) is 14.8 Å². The molecule has 0 aliphatic rings. The highest BCUT2D eigenvalue weighted by molar-refractivity contribution is 7.92. The van der Waals surface area contributed by atoms with Gasteiger partial charge in [0.2, 0.25) is 0 Å². The van der Waals surface area contributed by atoms with Gasteiger partial charge in [0.1, 0.15) is 17.3 Å². The second kappa shape index (κ2) is 11.4. The first-order chi connectivity index (χ1) is 16.3. The van der Waals surface area contributed by atoms with Gasteiger partial charge < -0.3 is 5.11 Å². The van der Waals surface area contributed by atoms with E-state index in [4.69, 9.17) is 5.11 Å². The Morgan fingerprint density at radius 3 is 2.11 bits per heavy atom. The quantitative estimate of drug-likeness (QED) is 0.394. The molecular weight excluding hydrogens is 495 g/mol. The number of anilines is 1. The van der Waals surface area contributed by atoms with Crippen LogP contribution in [0.2, 0.25) is 0 Å². The van der Waals surface area contributed by atoms with Crippen LogP contribution >= 0.6 is 0 Å². The van der Waals surface area contributed by atoms with Crippen molar-refractivity contribution in [1.29, 1.82) is 0 Å². The summed E-state index contributed by atoms with van der Waals surface area (Å²) in [6.45, 7) is 2.21. The molecule has 2 aromatic carbocycles. The lowest BCUT2D eigenvalue weighted by molar-refractivity contribution is -0.142. The van der Waals surface area contributed by atoms with Gasteiger partial charge in [-0.05, 0) is 44.2 Å². The van der Waals surface area contributed by atoms with Crippen molar-refractivity contribution in [2.24, 2.45) is 0 Å². The molecule has 3 rings (SSSR count). The minimum atomic E-state index is -4.44. The molecule has 12 heteroatoms. The molecule has 1 aromatic heterocycles. The zero-order valence-corrected chi connectivity index (χ0v) is 18.9. The molecule has 0 spiro atoms. The summed E-state index contributed by atoms with van der Waals surface area (Å²) < 4.78 is 93.3. The lowest BCUT2D eigenvalue weighted by Crippen LogP contribution is -2.17. The molecule has 1 unspecified atom stereocenters. The third-order valence-electron chi connectivity index (χ3n) is 4.18. The lowest BCUT2D eigenvalue weighted by Gasteiger charge is -2.12. The van der Waals surface area contributed by atoms with Crippen molar-refractivity contribution in [2.45, 2.75) is 24.9 Å². The molecular formula is C23H17F5N2O4S. The number of carboxylic acid groups (broad SMARTS) is 1. The van der Waals surface area contributed by atoms with Crippen LogP contribution < -0.4 is 4.72 Å². The standard InChI is InChI=1S/C20H12F4N2O2S.C3H5FO2/c1-12-16(22)3-2-4-19(12)29(27,28)26-20-17(23)8-13(9-18(20)24)5-6-14-7-15(21)11-25-10-14;1-2(4)3(5)6/h2-4,7-11,26H,1H3;2H,1H3,(H,5,6). The van der Waals surface area contributed by atoms with Crippen molar-refractivity contribution >= 4 is 21.7 Å². The number of hydrogen-bond acceptors (Lipinski definition) is 4. The molecule has 0 aliphatic heterocycles. The Morgan fingerprint density at radius 1 is 1.00 bits per heavy atom. The third kappa shape index (κ3) is 7.51. The predicted molar refractivity (Wildman–Crippen MR) is 117 cm³/mol. The van der Waals surface area contributed by atoms with Crippen LogP contribution in [0.1, 0.15) is 23.6 Å². The van der Waals surface area contributed by atoms with Gasteiger partial charge in [-0.2, -0.15) is 0 Å². The second-order valence-corrected chi connectivity index (χ2v) is 8.53. The number of aromatic nitrogens is 1. The van der Waals surface area contributed by atoms with E-state index in [0.29, 0.717) is 0 Å². The van der Waals surface area contributed by atoms with E-state index in [9.17, 15) is 35.2 Å². The molecule has 35 heavy (non-hydrogen) atoms. The highest BCUT2D eigenvalue weighted by atomic mass is 32.2. The third-order valence-corrected chi connectivity index (χ3v) is 5.68. The van der Waals surface area contributed by atoms with Crippen LogP contribution in [0.25, 0.3) is 0 Å². The number of pyridine rings is 1. The van der Waals surface area contributed by atoms with Gasteiger partial charge in [-0.1, -0.05) is 17.9 Å². The number of alkyl halides is 1. The van der Waals surface area contributed by atoms with Gasteiger partial charge in [0, 0.05) is 22.9 Å². The first-order valence-corrected chi connectivity index (χ1v) is 11.1. The fourth-order valence-corrected chi connectivity index (χ4v) is 3.77. The Kier molecular flexibility index (Phi) is 8.91. The minimum absolute atomic E-state index is 0.103. The van der Waals surface area contributed by atoms with E-state index in [1.165, 1.54) is 19.2 Å². The number of nitrogens with one attached hydrogen (secondary N) is 1. The summed E-state index contributed by atoms with van der Waals surface area (Å²) in [6.07, 6.45) is 0.517. The number of aliphatic carboxylic acids is 1. The predicted octanol–water partition coefficient (Wildman–Crippen LogP) is 4.58. The van der Waals surface area contributed by atoms with Crippen LogP contribution in [0.5, 0.6) is 0 Å². The first kappa shape index (κ1) is 27.3. The van der Waals surface area contributed by atoms with E-state index in [2.05, 4.69) is 16.8 Å². The summed E-state index contributed by atoms with van der Waals surface area (Å²) in [7, 11) is -4.44. The average molecular weight is 512 g/mol. The molecule has 0 bridgehead atoms. The van der Waals surface area contributed by atoms with Crippen LogP contribution in [0.4, 0.5) is 27.6 Å². The Labute approximate surface area is 197 Å². The fraction of sp³-hybridized carbons (Fsp3) is 0.130. The molecule has 3 aromatic rings. The Morgan fingerprint density at radius 2 is 1.57 bits per heavy atom. The summed E-state index contributed by atoms with van der Waals surface area (Å²) in [4.78, 5) is 12.5. The highest BCUT2D eigenvalue weighted by Crippen LogP contribution is 2.26. The Hall–Kier alpha value is -3.98. The number of carboxylic acids is 1.